The van der Waals surface area contributed by atoms with Gasteiger partial charge in [0.25, 0.3) is 0 Å². The molecule has 0 saturated carbocycles. The molecule has 5 heteroatoms. The van der Waals surface area contributed by atoms with E-state index in [0.717, 1.165) is 0 Å². The normalized spacial score (nSPS) is 16.6. The number of cyclic esters (lactones) is 1. The Bertz CT molecular complexity index is 737. The molecule has 2 aromatic carbocycles. The quantitative estimate of drug-likeness (QED) is 0.800. The summed E-state index contributed by atoms with van der Waals surface area (Å²) in [6, 6.07) is 10.5. The van der Waals surface area contributed by atoms with Crippen LogP contribution in [0.15, 0.2) is 42.5 Å². The van der Waals surface area contributed by atoms with Crippen molar-refractivity contribution in [3.05, 3.63) is 70.5 Å². The minimum Gasteiger partial charge on any atom is -0.465 e. The number of methoxy groups -OCH3 is 1. The van der Waals surface area contributed by atoms with Gasteiger partial charge in [-0.1, -0.05) is 12.1 Å². The first-order valence-electron chi connectivity index (χ1n) is 6.76. The van der Waals surface area contributed by atoms with E-state index in [9.17, 15) is 14.0 Å². The molecule has 0 amide bonds. The van der Waals surface area contributed by atoms with Crippen LogP contribution in [-0.2, 0) is 15.9 Å². The number of benzene rings is 2. The van der Waals surface area contributed by atoms with E-state index in [-0.39, 0.29) is 5.82 Å². The molecule has 0 aromatic heterocycles. The molecule has 0 radical (unpaired) electrons. The number of carbonyl (C=O) groups is 2. The molecular weight excluding hydrogens is 287 g/mol. The molecule has 1 heterocycles. The first-order valence-corrected chi connectivity index (χ1v) is 6.76. The van der Waals surface area contributed by atoms with Crippen LogP contribution < -0.4 is 0 Å². The topological polar surface area (TPSA) is 52.6 Å². The molecule has 112 valence electrons. The predicted molar refractivity (Wildman–Crippen MR) is 76.0 cm³/mol. The van der Waals surface area contributed by atoms with Crippen LogP contribution in [0.1, 0.15) is 37.9 Å². The van der Waals surface area contributed by atoms with Gasteiger partial charge in [0.15, 0.2) is 0 Å². The summed E-state index contributed by atoms with van der Waals surface area (Å²) in [5.74, 6) is -1.26. The fourth-order valence-electron chi connectivity index (χ4n) is 2.50. The molecule has 0 aliphatic carbocycles. The number of fused-ring (bicyclic) bond motifs is 1. The smallest absolute Gasteiger partial charge is 0.339 e. The van der Waals surface area contributed by atoms with E-state index in [1.54, 1.807) is 24.3 Å². The molecule has 0 saturated heterocycles. The minimum atomic E-state index is -0.492. The Hall–Kier alpha value is -2.69. The third-order valence-corrected chi connectivity index (χ3v) is 3.64. The van der Waals surface area contributed by atoms with E-state index in [2.05, 4.69) is 4.74 Å². The van der Waals surface area contributed by atoms with Crippen LogP contribution in [0.25, 0.3) is 0 Å². The Morgan fingerprint density at radius 2 is 1.95 bits per heavy atom. The monoisotopic (exact) mass is 300 g/mol. The second kappa shape index (κ2) is 5.60. The second-order valence-corrected chi connectivity index (χ2v) is 5.01. The maximum Gasteiger partial charge on any atom is 0.339 e. The number of ether oxygens (including phenoxy) is 2. The summed E-state index contributed by atoms with van der Waals surface area (Å²) in [7, 11) is 1.30. The molecule has 22 heavy (non-hydrogen) atoms. The van der Waals surface area contributed by atoms with Crippen LogP contribution in [-0.4, -0.2) is 19.0 Å². The van der Waals surface area contributed by atoms with E-state index in [4.69, 9.17) is 4.74 Å². The number of halogens is 1. The Labute approximate surface area is 126 Å². The third kappa shape index (κ3) is 2.57. The lowest BCUT2D eigenvalue weighted by atomic mass is 9.93. The van der Waals surface area contributed by atoms with Gasteiger partial charge in [-0.25, -0.2) is 14.0 Å². The second-order valence-electron chi connectivity index (χ2n) is 5.01. The molecule has 0 bridgehead atoms. The highest BCUT2D eigenvalue weighted by Gasteiger charge is 2.28. The van der Waals surface area contributed by atoms with Crippen molar-refractivity contribution in [2.75, 3.05) is 7.11 Å². The summed E-state index contributed by atoms with van der Waals surface area (Å²) < 4.78 is 23.1. The van der Waals surface area contributed by atoms with Gasteiger partial charge >= 0.3 is 11.9 Å². The van der Waals surface area contributed by atoms with Crippen LogP contribution in [0.3, 0.4) is 0 Å². The van der Waals surface area contributed by atoms with Crippen LogP contribution in [0.5, 0.6) is 0 Å². The number of carbonyl (C=O) groups excluding carboxylic acids is 2. The Morgan fingerprint density at radius 3 is 2.64 bits per heavy atom. The third-order valence-electron chi connectivity index (χ3n) is 3.64. The average Bonchev–Trinajstić information content (AvgIpc) is 2.54. The van der Waals surface area contributed by atoms with Gasteiger partial charge in [-0.15, -0.1) is 0 Å². The number of rotatable bonds is 2. The molecule has 0 N–H and O–H groups in total. The molecule has 1 atom stereocenters. The van der Waals surface area contributed by atoms with E-state index in [0.29, 0.717) is 28.7 Å². The van der Waals surface area contributed by atoms with E-state index in [1.165, 1.54) is 25.3 Å². The summed E-state index contributed by atoms with van der Waals surface area (Å²) in [5, 5.41) is 0. The van der Waals surface area contributed by atoms with E-state index >= 15 is 0 Å². The molecule has 2 aromatic rings. The lowest BCUT2D eigenvalue weighted by Crippen LogP contribution is -2.22. The van der Waals surface area contributed by atoms with Crippen molar-refractivity contribution >= 4 is 11.9 Å². The summed E-state index contributed by atoms with van der Waals surface area (Å²) in [5.41, 5.74) is 2.25. The summed E-state index contributed by atoms with van der Waals surface area (Å²) >= 11 is 0. The van der Waals surface area contributed by atoms with Crippen LogP contribution in [0.2, 0.25) is 0 Å². The lowest BCUT2D eigenvalue weighted by molar-refractivity contribution is 0.0251. The fourth-order valence-corrected chi connectivity index (χ4v) is 2.50. The van der Waals surface area contributed by atoms with Crippen molar-refractivity contribution in [3.8, 4) is 0 Å². The molecule has 3 rings (SSSR count). The highest BCUT2D eigenvalue weighted by atomic mass is 19.1. The molecule has 0 fully saturated rings. The maximum atomic E-state index is 13.0. The van der Waals surface area contributed by atoms with Crippen LogP contribution in [0, 0.1) is 5.82 Å². The highest BCUT2D eigenvalue weighted by molar-refractivity contribution is 5.95. The first-order chi connectivity index (χ1) is 10.6. The highest BCUT2D eigenvalue weighted by Crippen LogP contribution is 2.31. The zero-order chi connectivity index (χ0) is 15.7. The van der Waals surface area contributed by atoms with Crippen LogP contribution >= 0.6 is 0 Å². The Kier molecular flexibility index (Phi) is 3.63. The van der Waals surface area contributed by atoms with Gasteiger partial charge in [0.05, 0.1) is 18.2 Å². The first kappa shape index (κ1) is 14.3. The van der Waals surface area contributed by atoms with Gasteiger partial charge in [-0.3, -0.25) is 0 Å². The largest absolute Gasteiger partial charge is 0.465 e. The van der Waals surface area contributed by atoms with Crippen molar-refractivity contribution < 1.29 is 23.5 Å². The van der Waals surface area contributed by atoms with Gasteiger partial charge in [0.2, 0.25) is 0 Å². The molecule has 0 spiro atoms. The van der Waals surface area contributed by atoms with Crippen molar-refractivity contribution in [3.63, 3.8) is 0 Å². The average molecular weight is 300 g/mol. The molecule has 1 unspecified atom stereocenters. The summed E-state index contributed by atoms with van der Waals surface area (Å²) in [6.45, 7) is 0. The number of hydrogen-bond acceptors (Lipinski definition) is 4. The van der Waals surface area contributed by atoms with Crippen molar-refractivity contribution in [1.82, 2.24) is 0 Å². The van der Waals surface area contributed by atoms with Gasteiger partial charge in [0, 0.05) is 6.42 Å². The van der Waals surface area contributed by atoms with Gasteiger partial charge in [-0.05, 0) is 41.5 Å². The van der Waals surface area contributed by atoms with Crippen molar-refractivity contribution in [1.29, 1.82) is 0 Å². The zero-order valence-corrected chi connectivity index (χ0v) is 11.8. The Balaban J connectivity index is 1.94. The molecule has 1 aliphatic rings. The van der Waals surface area contributed by atoms with E-state index < -0.39 is 18.0 Å². The maximum absolute atomic E-state index is 13.0. The summed E-state index contributed by atoms with van der Waals surface area (Å²) in [6.07, 6.45) is -0.0640. The van der Waals surface area contributed by atoms with Gasteiger partial charge < -0.3 is 9.47 Å². The molecule has 4 nitrogen and oxygen atoms in total. The zero-order valence-electron chi connectivity index (χ0n) is 11.8. The van der Waals surface area contributed by atoms with Crippen molar-refractivity contribution in [2.45, 2.75) is 12.5 Å². The van der Waals surface area contributed by atoms with Crippen molar-refractivity contribution in [2.24, 2.45) is 0 Å². The predicted octanol–water partition coefficient (Wildman–Crippen LogP) is 3.07. The van der Waals surface area contributed by atoms with Gasteiger partial charge in [0.1, 0.15) is 11.9 Å². The van der Waals surface area contributed by atoms with Gasteiger partial charge in [-0.2, -0.15) is 0 Å². The number of hydrogen-bond donors (Lipinski definition) is 0. The fraction of sp³-hybridized carbons (Fsp3) is 0.176. The Morgan fingerprint density at radius 1 is 1.23 bits per heavy atom. The minimum absolute atomic E-state index is 0.348. The molecular formula is C17H13FO4. The lowest BCUT2D eigenvalue weighted by Gasteiger charge is -2.25. The van der Waals surface area contributed by atoms with Crippen LogP contribution in [0.4, 0.5) is 4.39 Å². The SMILES string of the molecule is COC(=O)c1ccc2c(c1)CC(c1ccc(F)cc1)OC2=O. The standard InChI is InChI=1S/C17H13FO4/c1-21-16(19)11-4-7-14-12(8-11)9-15(22-17(14)20)10-2-5-13(18)6-3-10/h2-8,15H,9H2,1H3. The number of esters is 2. The van der Waals surface area contributed by atoms with E-state index in [1.807, 2.05) is 0 Å². The summed E-state index contributed by atoms with van der Waals surface area (Å²) in [4.78, 5) is 23.7. The molecule has 1 aliphatic heterocycles.